The van der Waals surface area contributed by atoms with Crippen LogP contribution in [0, 0.1) is 0 Å². The monoisotopic (exact) mass is 839 g/mol. The van der Waals surface area contributed by atoms with Gasteiger partial charge in [-0.05, 0) is 142 Å². The summed E-state index contributed by atoms with van der Waals surface area (Å²) in [5, 5.41) is 12.4. The van der Waals surface area contributed by atoms with E-state index in [1.165, 1.54) is 65.3 Å². The summed E-state index contributed by atoms with van der Waals surface area (Å²) in [6, 6.07) is 90.4. The lowest BCUT2D eigenvalue weighted by atomic mass is 9.93. The summed E-state index contributed by atoms with van der Waals surface area (Å²) in [5.74, 6) is 0. The average Bonchev–Trinajstić information content (AvgIpc) is 3.78. The molecule has 1 aromatic heterocycles. The fraction of sp³-hybridized carbons (Fsp3) is 0. The van der Waals surface area contributed by atoms with Gasteiger partial charge in [0.1, 0.15) is 11.2 Å². The number of nitrogens with zero attached hydrogens (tertiary/aromatic N) is 1. The summed E-state index contributed by atoms with van der Waals surface area (Å²) in [5.41, 5.74) is 14.4. The molecule has 2 nitrogen and oxygen atoms in total. The number of anilines is 3. The summed E-state index contributed by atoms with van der Waals surface area (Å²) >= 11 is 0. The van der Waals surface area contributed by atoms with Gasteiger partial charge in [-0.3, -0.25) is 0 Å². The van der Waals surface area contributed by atoms with Crippen molar-refractivity contribution in [1.29, 1.82) is 0 Å². The molecule has 308 valence electrons. The van der Waals surface area contributed by atoms with Crippen molar-refractivity contribution in [3.05, 3.63) is 249 Å². The van der Waals surface area contributed by atoms with Crippen molar-refractivity contribution >= 4 is 82.1 Å². The molecule has 13 rings (SSSR count). The van der Waals surface area contributed by atoms with Gasteiger partial charge in [-0.25, -0.2) is 0 Å². The lowest BCUT2D eigenvalue weighted by Gasteiger charge is -2.27. The van der Waals surface area contributed by atoms with E-state index >= 15 is 0 Å². The number of benzene rings is 12. The Morgan fingerprint density at radius 1 is 0.242 bits per heavy atom. The lowest BCUT2D eigenvalue weighted by Crippen LogP contribution is -2.10. The normalized spacial score (nSPS) is 11.6. The minimum atomic E-state index is 0.897. The summed E-state index contributed by atoms with van der Waals surface area (Å²) in [7, 11) is 0. The average molecular weight is 840 g/mol. The molecule has 1 heterocycles. The van der Waals surface area contributed by atoms with E-state index in [1.54, 1.807) is 0 Å². The largest absolute Gasteiger partial charge is 0.456 e. The molecule has 0 radical (unpaired) electrons. The molecule has 0 fully saturated rings. The van der Waals surface area contributed by atoms with Gasteiger partial charge in [0, 0.05) is 27.8 Å². The number of hydrogen-bond acceptors (Lipinski definition) is 2. The van der Waals surface area contributed by atoms with E-state index in [1.807, 2.05) is 12.1 Å². The summed E-state index contributed by atoms with van der Waals surface area (Å²) in [6.45, 7) is 0. The van der Waals surface area contributed by atoms with Gasteiger partial charge in [-0.15, -0.1) is 0 Å². The van der Waals surface area contributed by atoms with Crippen molar-refractivity contribution in [2.24, 2.45) is 0 Å². The van der Waals surface area contributed by atoms with E-state index in [0.29, 0.717) is 0 Å². The summed E-state index contributed by atoms with van der Waals surface area (Å²) in [4.78, 5) is 2.38. The number of hydrogen-bond donors (Lipinski definition) is 0. The highest BCUT2D eigenvalue weighted by molar-refractivity contribution is 6.14. The summed E-state index contributed by atoms with van der Waals surface area (Å²) in [6.07, 6.45) is 0. The van der Waals surface area contributed by atoms with E-state index in [4.69, 9.17) is 4.42 Å². The Morgan fingerprint density at radius 3 is 1.48 bits per heavy atom. The van der Waals surface area contributed by atoms with Crippen LogP contribution >= 0.6 is 0 Å². The van der Waals surface area contributed by atoms with Crippen molar-refractivity contribution in [1.82, 2.24) is 0 Å². The molecular weight excluding hydrogens is 799 g/mol. The van der Waals surface area contributed by atoms with E-state index in [-0.39, 0.29) is 0 Å². The maximum absolute atomic E-state index is 6.28. The predicted octanol–water partition coefficient (Wildman–Crippen LogP) is 18.3. The molecule has 0 spiro atoms. The molecule has 2 heteroatoms. The van der Waals surface area contributed by atoms with Gasteiger partial charge in [0.25, 0.3) is 0 Å². The second-order valence-corrected chi connectivity index (χ2v) is 17.2. The smallest absolute Gasteiger partial charge is 0.136 e. The van der Waals surface area contributed by atoms with Crippen LogP contribution in [0.2, 0.25) is 0 Å². The first-order valence-corrected chi connectivity index (χ1v) is 22.6. The van der Waals surface area contributed by atoms with Gasteiger partial charge < -0.3 is 9.32 Å². The zero-order valence-electron chi connectivity index (χ0n) is 36.0. The van der Waals surface area contributed by atoms with Crippen molar-refractivity contribution in [3.63, 3.8) is 0 Å². The van der Waals surface area contributed by atoms with E-state index in [9.17, 15) is 0 Å². The zero-order valence-corrected chi connectivity index (χ0v) is 36.0. The van der Waals surface area contributed by atoms with Crippen molar-refractivity contribution in [2.45, 2.75) is 0 Å². The van der Waals surface area contributed by atoms with Crippen molar-refractivity contribution in [2.75, 3.05) is 4.90 Å². The Kier molecular flexibility index (Phi) is 8.89. The van der Waals surface area contributed by atoms with Gasteiger partial charge >= 0.3 is 0 Å². The van der Waals surface area contributed by atoms with Crippen LogP contribution in [0.4, 0.5) is 17.1 Å². The van der Waals surface area contributed by atoms with E-state index < -0.39 is 0 Å². The molecular formula is C64H41NO. The SMILES string of the molecule is c1cc(-c2ccc(-c3cccc4c3ccc3ccccc34)cc2)cc(N(c2ccc(-c3cccc4oc5ccccc5c34)cc2)c2cccc(-c3ccc4ccc5ccccc5c4c3)c2)c1. The number of rotatable bonds is 7. The molecule has 13 aromatic rings. The molecule has 0 amide bonds. The maximum Gasteiger partial charge on any atom is 0.136 e. The second-order valence-electron chi connectivity index (χ2n) is 17.2. The van der Waals surface area contributed by atoms with Crippen LogP contribution in [0.15, 0.2) is 253 Å². The zero-order chi connectivity index (χ0) is 43.6. The van der Waals surface area contributed by atoms with Gasteiger partial charge in [-0.2, -0.15) is 0 Å². The Morgan fingerprint density at radius 2 is 0.727 bits per heavy atom. The molecule has 0 unspecified atom stereocenters. The molecule has 0 aliphatic rings. The van der Waals surface area contributed by atoms with Gasteiger partial charge in [-0.1, -0.05) is 194 Å². The molecule has 0 bridgehead atoms. The minimum absolute atomic E-state index is 0.897. The number of para-hydroxylation sites is 1. The van der Waals surface area contributed by atoms with Crippen LogP contribution in [0.5, 0.6) is 0 Å². The summed E-state index contributed by atoms with van der Waals surface area (Å²) < 4.78 is 6.28. The molecule has 0 saturated heterocycles. The quantitative estimate of drug-likeness (QED) is 0.149. The molecule has 0 atom stereocenters. The third-order valence-corrected chi connectivity index (χ3v) is 13.4. The van der Waals surface area contributed by atoms with Crippen LogP contribution in [-0.4, -0.2) is 0 Å². The third-order valence-electron chi connectivity index (χ3n) is 13.4. The topological polar surface area (TPSA) is 16.4 Å². The Labute approximate surface area is 382 Å². The predicted molar refractivity (Wildman–Crippen MR) is 280 cm³/mol. The van der Waals surface area contributed by atoms with Gasteiger partial charge in [0.2, 0.25) is 0 Å². The van der Waals surface area contributed by atoms with E-state index in [0.717, 1.165) is 61.3 Å². The van der Waals surface area contributed by atoms with Crippen LogP contribution in [-0.2, 0) is 0 Å². The van der Waals surface area contributed by atoms with E-state index in [2.05, 4.69) is 241 Å². The Balaban J connectivity index is 0.910. The highest BCUT2D eigenvalue weighted by atomic mass is 16.3. The lowest BCUT2D eigenvalue weighted by molar-refractivity contribution is 0.669. The first-order chi connectivity index (χ1) is 32.7. The fourth-order valence-corrected chi connectivity index (χ4v) is 10.2. The standard InChI is InChI=1S/C64H41NO/c1-3-17-54-44(12-1)35-38-59-55(20-9-22-58(54)59)45-27-25-42(26-28-45)48-13-7-15-52(39-48)65(51-36-33-46(34-37-51)57-21-10-24-63-64(57)60-19-5-6-23-62(60)66-63)53-16-8-14-49(40-53)50-32-31-47-30-29-43-11-2-4-18-56(43)61(47)41-50/h1-41H. The number of fused-ring (bicyclic) bond motifs is 9. The van der Waals surface area contributed by atoms with Crippen LogP contribution in [0.3, 0.4) is 0 Å². The minimum Gasteiger partial charge on any atom is -0.456 e. The van der Waals surface area contributed by atoms with Crippen molar-refractivity contribution < 1.29 is 4.42 Å². The Hall–Kier alpha value is -8.72. The van der Waals surface area contributed by atoms with Crippen molar-refractivity contribution in [3.8, 4) is 44.5 Å². The molecule has 66 heavy (non-hydrogen) atoms. The first-order valence-electron chi connectivity index (χ1n) is 22.6. The molecule has 12 aromatic carbocycles. The van der Waals surface area contributed by atoms with Crippen LogP contribution < -0.4 is 4.90 Å². The third kappa shape index (κ3) is 6.42. The molecule has 0 N–H and O–H groups in total. The molecule has 0 aliphatic carbocycles. The van der Waals surface area contributed by atoms with Crippen LogP contribution in [0.1, 0.15) is 0 Å². The highest BCUT2D eigenvalue weighted by Crippen LogP contribution is 2.42. The molecule has 0 saturated carbocycles. The first kappa shape index (κ1) is 37.8. The second kappa shape index (κ2) is 15.5. The Bertz CT molecular complexity index is 3990. The maximum atomic E-state index is 6.28. The van der Waals surface area contributed by atoms with Crippen LogP contribution in [0.25, 0.3) is 110 Å². The molecule has 0 aliphatic heterocycles. The highest BCUT2D eigenvalue weighted by Gasteiger charge is 2.18. The van der Waals surface area contributed by atoms with Gasteiger partial charge in [0.15, 0.2) is 0 Å². The fourth-order valence-electron chi connectivity index (χ4n) is 10.2. The number of furan rings is 1. The van der Waals surface area contributed by atoms with Gasteiger partial charge in [0.05, 0.1) is 0 Å².